The monoisotopic (exact) mass is 170 g/mol. The molecule has 2 heterocycles. The molecule has 0 aromatic rings. The third kappa shape index (κ3) is 1.50. The molecule has 72 valence electrons. The molecule has 0 spiro atoms. The van der Waals surface area contributed by atoms with Gasteiger partial charge in [-0.3, -0.25) is 4.90 Å². The Morgan fingerprint density at radius 2 is 2.25 bits per heavy atom. The molecule has 0 aromatic heterocycles. The van der Waals surface area contributed by atoms with Crippen LogP contribution in [0.25, 0.3) is 0 Å². The maximum Gasteiger partial charge on any atom is 0.0224 e. The zero-order valence-electron chi connectivity index (χ0n) is 8.21. The number of fused-ring (bicyclic) bond motifs is 1. The molecule has 0 radical (unpaired) electrons. The first-order chi connectivity index (χ1) is 5.77. The minimum absolute atomic E-state index is 0. The summed E-state index contributed by atoms with van der Waals surface area (Å²) >= 11 is 0. The summed E-state index contributed by atoms with van der Waals surface area (Å²) in [5, 5.41) is 3.60. The predicted octanol–water partition coefficient (Wildman–Crippen LogP) is 1.32. The summed E-state index contributed by atoms with van der Waals surface area (Å²) in [4.78, 5) is 2.60. The molecule has 2 saturated heterocycles. The quantitative estimate of drug-likeness (QED) is 0.638. The van der Waals surface area contributed by atoms with Crippen LogP contribution in [-0.2, 0) is 0 Å². The van der Waals surface area contributed by atoms with Crippen molar-refractivity contribution >= 4 is 0 Å². The van der Waals surface area contributed by atoms with Gasteiger partial charge in [-0.25, -0.2) is 0 Å². The number of nitrogens with one attached hydrogen (secondary N) is 1. The third-order valence-electron chi connectivity index (χ3n) is 3.44. The summed E-state index contributed by atoms with van der Waals surface area (Å²) in [5.74, 6) is 0.986. The number of piperidine rings is 1. The Labute approximate surface area is 76.8 Å². The molecular formula is C10H22N2. The second-order valence-corrected chi connectivity index (χ2v) is 4.49. The van der Waals surface area contributed by atoms with Gasteiger partial charge in [-0.15, -0.1) is 0 Å². The summed E-state index contributed by atoms with van der Waals surface area (Å²) in [7, 11) is 0. The van der Waals surface area contributed by atoms with Gasteiger partial charge >= 0.3 is 0 Å². The van der Waals surface area contributed by atoms with Crippen LogP contribution in [0.3, 0.4) is 0 Å². The molecule has 2 nitrogen and oxygen atoms in total. The van der Waals surface area contributed by atoms with Gasteiger partial charge in [-0.05, 0) is 45.7 Å². The second-order valence-electron chi connectivity index (χ2n) is 4.49. The first kappa shape index (κ1) is 8.52. The molecule has 2 atom stereocenters. The van der Waals surface area contributed by atoms with E-state index in [1.807, 2.05) is 0 Å². The van der Waals surface area contributed by atoms with E-state index in [0.29, 0.717) is 0 Å². The highest BCUT2D eigenvalue weighted by Crippen LogP contribution is 2.25. The molecule has 2 heteroatoms. The lowest BCUT2D eigenvalue weighted by Crippen LogP contribution is -2.48. The van der Waals surface area contributed by atoms with Crippen molar-refractivity contribution in [3.05, 3.63) is 0 Å². The van der Waals surface area contributed by atoms with Gasteiger partial charge < -0.3 is 5.32 Å². The number of hydrogen-bond acceptors (Lipinski definition) is 2. The van der Waals surface area contributed by atoms with E-state index in [4.69, 9.17) is 0 Å². The number of hydrogen-bond donors (Lipinski definition) is 1. The van der Waals surface area contributed by atoms with Crippen molar-refractivity contribution in [1.29, 1.82) is 0 Å². The Morgan fingerprint density at radius 1 is 1.42 bits per heavy atom. The fraction of sp³-hybridized carbons (Fsp3) is 1.00. The largest absolute Gasteiger partial charge is 0.312 e. The van der Waals surface area contributed by atoms with Crippen LogP contribution in [-0.4, -0.2) is 36.6 Å². The molecule has 1 N–H and O–H groups in total. The summed E-state index contributed by atoms with van der Waals surface area (Å²) in [6, 6.07) is 1.54. The van der Waals surface area contributed by atoms with Crippen LogP contribution in [0.5, 0.6) is 0 Å². The van der Waals surface area contributed by atoms with Gasteiger partial charge in [-0.2, -0.15) is 0 Å². The summed E-state index contributed by atoms with van der Waals surface area (Å²) < 4.78 is 0. The van der Waals surface area contributed by atoms with Crippen molar-refractivity contribution in [3.8, 4) is 0 Å². The van der Waals surface area contributed by atoms with E-state index in [1.165, 1.54) is 32.5 Å². The van der Waals surface area contributed by atoms with Gasteiger partial charge in [0.25, 0.3) is 0 Å². The first-order valence-electron chi connectivity index (χ1n) is 5.25. The Hall–Kier alpha value is -0.0800. The Morgan fingerprint density at radius 3 is 3.00 bits per heavy atom. The van der Waals surface area contributed by atoms with Crippen molar-refractivity contribution in [2.45, 2.75) is 38.8 Å². The molecule has 2 unspecified atom stereocenters. The zero-order chi connectivity index (χ0) is 8.55. The maximum absolute atomic E-state index is 3.60. The molecule has 0 bridgehead atoms. The average molecular weight is 170 g/mol. The van der Waals surface area contributed by atoms with E-state index >= 15 is 0 Å². The SMILES string of the molecule is CC(C)N1CCC2CCNC2C1.[HH]. The molecule has 2 rings (SSSR count). The van der Waals surface area contributed by atoms with E-state index in [2.05, 4.69) is 24.1 Å². The van der Waals surface area contributed by atoms with Crippen molar-refractivity contribution in [2.24, 2.45) is 5.92 Å². The zero-order valence-corrected chi connectivity index (χ0v) is 8.21. The maximum atomic E-state index is 3.60. The fourth-order valence-corrected chi connectivity index (χ4v) is 2.53. The van der Waals surface area contributed by atoms with E-state index in [1.54, 1.807) is 0 Å². The molecule has 2 fully saturated rings. The van der Waals surface area contributed by atoms with Gasteiger partial charge in [0.1, 0.15) is 0 Å². The van der Waals surface area contributed by atoms with Crippen molar-refractivity contribution < 1.29 is 1.43 Å². The predicted molar refractivity (Wildman–Crippen MR) is 53.3 cm³/mol. The highest BCUT2D eigenvalue weighted by Gasteiger charge is 2.32. The van der Waals surface area contributed by atoms with Crippen LogP contribution in [0.1, 0.15) is 28.1 Å². The van der Waals surface area contributed by atoms with Crippen molar-refractivity contribution in [1.82, 2.24) is 10.2 Å². The highest BCUT2D eigenvalue weighted by atomic mass is 15.2. The Bertz CT molecular complexity index is 161. The van der Waals surface area contributed by atoms with E-state index in [-0.39, 0.29) is 1.43 Å². The standard InChI is InChI=1S/C10H20N2.H2/c1-8(2)12-6-4-9-3-5-11-10(9)7-12;/h8-11H,3-7H2,1-2H3;1H. The van der Waals surface area contributed by atoms with Crippen molar-refractivity contribution in [2.75, 3.05) is 19.6 Å². The number of nitrogens with zero attached hydrogens (tertiary/aromatic N) is 1. The van der Waals surface area contributed by atoms with E-state index in [9.17, 15) is 0 Å². The third-order valence-corrected chi connectivity index (χ3v) is 3.44. The van der Waals surface area contributed by atoms with Gasteiger partial charge in [-0.1, -0.05) is 0 Å². The van der Waals surface area contributed by atoms with Crippen LogP contribution >= 0.6 is 0 Å². The summed E-state index contributed by atoms with van der Waals surface area (Å²) in [6.45, 7) is 8.45. The average Bonchev–Trinajstić information content (AvgIpc) is 2.49. The Kier molecular flexibility index (Phi) is 2.37. The molecule has 0 amide bonds. The van der Waals surface area contributed by atoms with Crippen LogP contribution in [0.2, 0.25) is 0 Å². The van der Waals surface area contributed by atoms with Gasteiger partial charge in [0, 0.05) is 20.1 Å². The Balaban J connectivity index is 0.000000845. The lowest BCUT2D eigenvalue weighted by Gasteiger charge is -2.37. The second kappa shape index (κ2) is 3.35. The van der Waals surface area contributed by atoms with Crippen molar-refractivity contribution in [3.63, 3.8) is 0 Å². The lowest BCUT2D eigenvalue weighted by atomic mass is 9.92. The smallest absolute Gasteiger partial charge is 0.0224 e. The van der Waals surface area contributed by atoms with Crippen LogP contribution in [0.15, 0.2) is 0 Å². The van der Waals surface area contributed by atoms with E-state index in [0.717, 1.165) is 18.0 Å². The lowest BCUT2D eigenvalue weighted by molar-refractivity contribution is 0.134. The van der Waals surface area contributed by atoms with Gasteiger partial charge in [0.15, 0.2) is 0 Å². The van der Waals surface area contributed by atoms with Gasteiger partial charge in [0.05, 0.1) is 0 Å². The van der Waals surface area contributed by atoms with E-state index < -0.39 is 0 Å². The first-order valence-corrected chi connectivity index (χ1v) is 5.25. The minimum Gasteiger partial charge on any atom is -0.312 e. The molecule has 2 aliphatic rings. The molecule has 2 aliphatic heterocycles. The molecule has 0 aromatic carbocycles. The molecule has 12 heavy (non-hydrogen) atoms. The molecule has 0 aliphatic carbocycles. The number of likely N-dealkylation sites (tertiary alicyclic amines) is 1. The molecular weight excluding hydrogens is 148 g/mol. The summed E-state index contributed by atoms with van der Waals surface area (Å²) in [5.41, 5.74) is 0. The van der Waals surface area contributed by atoms with Crippen LogP contribution in [0.4, 0.5) is 0 Å². The van der Waals surface area contributed by atoms with Crippen LogP contribution < -0.4 is 5.32 Å². The van der Waals surface area contributed by atoms with Gasteiger partial charge in [0.2, 0.25) is 0 Å². The minimum atomic E-state index is 0. The number of rotatable bonds is 1. The summed E-state index contributed by atoms with van der Waals surface area (Å²) in [6.07, 6.45) is 2.83. The van der Waals surface area contributed by atoms with Crippen LogP contribution in [0, 0.1) is 5.92 Å². The highest BCUT2D eigenvalue weighted by molar-refractivity contribution is 4.91. The molecule has 0 saturated carbocycles. The topological polar surface area (TPSA) is 15.3 Å². The normalized spacial score (nSPS) is 37.2. The fourth-order valence-electron chi connectivity index (χ4n) is 2.53.